The van der Waals surface area contributed by atoms with Crippen molar-refractivity contribution in [3.63, 3.8) is 0 Å². The average molecular weight is 566 g/mol. The van der Waals surface area contributed by atoms with Crippen LogP contribution < -0.4 is 9.80 Å². The SMILES string of the molecule is O=C(OCN1C(=O)CCc2ccc(CCN3CCN(c4cc(F)cc5sccc45)CC3)cc21)OCC(F)(F)F. The van der Waals surface area contributed by atoms with Crippen LogP contribution in [-0.4, -0.2) is 69.2 Å². The Kier molecular flexibility index (Phi) is 7.94. The van der Waals surface area contributed by atoms with Gasteiger partial charge in [0.2, 0.25) is 5.91 Å². The number of benzene rings is 2. The standard InChI is InChI=1S/C27H27F4N3O4S/c28-20-14-23(21-6-12-39-24(21)15-20)33-10-8-32(9-11-33)7-5-18-1-2-19-3-4-25(35)34(22(19)13-18)17-38-26(36)37-16-27(29,30)31/h1-2,6,12-15H,3-5,7-11,16-17H2. The first-order chi connectivity index (χ1) is 18.7. The smallest absolute Gasteiger partial charge is 0.425 e. The van der Waals surface area contributed by atoms with E-state index in [2.05, 4.69) is 14.5 Å². The van der Waals surface area contributed by atoms with Gasteiger partial charge in [-0.2, -0.15) is 13.2 Å². The molecule has 0 N–H and O–H groups in total. The van der Waals surface area contributed by atoms with Crippen molar-refractivity contribution in [3.8, 4) is 0 Å². The summed E-state index contributed by atoms with van der Waals surface area (Å²) in [4.78, 5) is 29.9. The van der Waals surface area contributed by atoms with Crippen molar-refractivity contribution in [1.29, 1.82) is 0 Å². The van der Waals surface area contributed by atoms with Gasteiger partial charge in [-0.1, -0.05) is 12.1 Å². The summed E-state index contributed by atoms with van der Waals surface area (Å²) in [5.41, 5.74) is 3.40. The lowest BCUT2D eigenvalue weighted by molar-refractivity contribution is -0.165. The van der Waals surface area contributed by atoms with E-state index in [1.54, 1.807) is 12.1 Å². The number of alkyl halides is 3. The first-order valence-corrected chi connectivity index (χ1v) is 13.5. The van der Waals surface area contributed by atoms with E-state index in [0.717, 1.165) is 66.0 Å². The van der Waals surface area contributed by atoms with E-state index >= 15 is 0 Å². The van der Waals surface area contributed by atoms with Crippen molar-refractivity contribution in [1.82, 2.24) is 4.90 Å². The number of halogens is 4. The molecule has 0 aliphatic carbocycles. The zero-order valence-corrected chi connectivity index (χ0v) is 21.8. The van der Waals surface area contributed by atoms with E-state index in [-0.39, 0.29) is 18.1 Å². The lowest BCUT2D eigenvalue weighted by atomic mass is 9.98. The van der Waals surface area contributed by atoms with Crippen LogP contribution in [-0.2, 0) is 27.1 Å². The van der Waals surface area contributed by atoms with Crippen molar-refractivity contribution < 1.29 is 36.6 Å². The number of amides is 1. The van der Waals surface area contributed by atoms with Crippen molar-refractivity contribution in [2.45, 2.75) is 25.4 Å². The van der Waals surface area contributed by atoms with Crippen molar-refractivity contribution in [2.24, 2.45) is 0 Å². The van der Waals surface area contributed by atoms with Gasteiger partial charge < -0.3 is 14.4 Å². The molecule has 0 atom stereocenters. The Bertz CT molecular complexity index is 1350. The fraction of sp³-hybridized carbons (Fsp3) is 0.407. The lowest BCUT2D eigenvalue weighted by Gasteiger charge is -2.36. The minimum Gasteiger partial charge on any atom is -0.425 e. The molecule has 12 heteroatoms. The van der Waals surface area contributed by atoms with E-state index in [4.69, 9.17) is 4.74 Å². The highest BCUT2D eigenvalue weighted by Gasteiger charge is 2.31. The van der Waals surface area contributed by atoms with Crippen molar-refractivity contribution in [3.05, 3.63) is 58.7 Å². The van der Waals surface area contributed by atoms with E-state index < -0.39 is 25.7 Å². The maximum absolute atomic E-state index is 14.1. The predicted octanol–water partition coefficient (Wildman–Crippen LogP) is 5.36. The fourth-order valence-electron chi connectivity index (χ4n) is 4.96. The Morgan fingerprint density at radius 1 is 0.974 bits per heavy atom. The first-order valence-electron chi connectivity index (χ1n) is 12.6. The second-order valence-corrected chi connectivity index (χ2v) is 10.5. The molecule has 1 saturated heterocycles. The van der Waals surface area contributed by atoms with Gasteiger partial charge in [-0.25, -0.2) is 9.18 Å². The molecule has 0 saturated carbocycles. The van der Waals surface area contributed by atoms with Crippen LogP contribution in [0.1, 0.15) is 17.5 Å². The van der Waals surface area contributed by atoms with Crippen molar-refractivity contribution >= 4 is 44.9 Å². The maximum Gasteiger partial charge on any atom is 0.510 e. The first kappa shape index (κ1) is 27.2. The van der Waals surface area contributed by atoms with E-state index in [1.807, 2.05) is 29.6 Å². The molecule has 0 unspecified atom stereocenters. The number of carbonyl (C=O) groups excluding carboxylic acids is 2. The van der Waals surface area contributed by atoms with Gasteiger partial charge in [0, 0.05) is 54.9 Å². The highest BCUT2D eigenvalue weighted by molar-refractivity contribution is 7.17. The number of anilines is 2. The number of hydrogen-bond donors (Lipinski definition) is 0. The Labute approximate surface area is 226 Å². The molecule has 0 spiro atoms. The summed E-state index contributed by atoms with van der Waals surface area (Å²) < 4.78 is 60.7. The molecule has 7 nitrogen and oxygen atoms in total. The summed E-state index contributed by atoms with van der Waals surface area (Å²) >= 11 is 1.53. The lowest BCUT2D eigenvalue weighted by Crippen LogP contribution is -2.47. The molecule has 1 fully saturated rings. The number of aryl methyl sites for hydroxylation is 1. The Morgan fingerprint density at radius 2 is 1.77 bits per heavy atom. The van der Waals surface area contributed by atoms with Crippen LogP contribution in [0, 0.1) is 5.82 Å². The molecule has 3 heterocycles. The zero-order valence-electron chi connectivity index (χ0n) is 21.0. The van der Waals surface area contributed by atoms with Crippen molar-refractivity contribution in [2.75, 3.05) is 55.9 Å². The molecule has 5 rings (SSSR count). The molecular weight excluding hydrogens is 538 g/mol. The Morgan fingerprint density at radius 3 is 2.54 bits per heavy atom. The van der Waals surface area contributed by atoms with E-state index in [1.165, 1.54) is 16.2 Å². The van der Waals surface area contributed by atoms with Gasteiger partial charge in [0.05, 0.1) is 5.69 Å². The molecule has 39 heavy (non-hydrogen) atoms. The summed E-state index contributed by atoms with van der Waals surface area (Å²) in [6.45, 7) is 1.72. The fourth-order valence-corrected chi connectivity index (χ4v) is 5.79. The summed E-state index contributed by atoms with van der Waals surface area (Å²) in [5.74, 6) is -0.512. The van der Waals surface area contributed by atoms with Crippen LogP contribution in [0.3, 0.4) is 0 Å². The quantitative estimate of drug-likeness (QED) is 0.284. The minimum atomic E-state index is -4.66. The Balaban J connectivity index is 1.17. The third kappa shape index (κ3) is 6.62. The Hall–Kier alpha value is -3.38. The van der Waals surface area contributed by atoms with Gasteiger partial charge >= 0.3 is 12.3 Å². The molecule has 2 aliphatic rings. The third-order valence-electron chi connectivity index (χ3n) is 6.96. The van der Waals surface area contributed by atoms with Gasteiger partial charge in [0.15, 0.2) is 13.3 Å². The van der Waals surface area contributed by atoms with Gasteiger partial charge in [-0.3, -0.25) is 14.6 Å². The maximum atomic E-state index is 14.1. The molecular formula is C27H27F4N3O4S. The number of piperazine rings is 1. The van der Waals surface area contributed by atoms with Crippen LogP contribution in [0.4, 0.5) is 33.7 Å². The van der Waals surface area contributed by atoms with Crippen LogP contribution >= 0.6 is 11.3 Å². The van der Waals surface area contributed by atoms with Crippen LogP contribution in [0.2, 0.25) is 0 Å². The number of thiophene rings is 1. The molecule has 1 aromatic heterocycles. The second-order valence-electron chi connectivity index (χ2n) is 9.55. The number of nitrogens with zero attached hydrogens (tertiary/aromatic N) is 3. The molecule has 3 aromatic rings. The average Bonchev–Trinajstić information content (AvgIpc) is 3.38. The number of rotatable bonds is 7. The zero-order chi connectivity index (χ0) is 27.6. The molecule has 2 aliphatic heterocycles. The van der Waals surface area contributed by atoms with Gasteiger partial charge in [-0.05, 0) is 53.6 Å². The van der Waals surface area contributed by atoms with E-state index in [0.29, 0.717) is 12.1 Å². The highest BCUT2D eigenvalue weighted by Crippen LogP contribution is 2.33. The monoisotopic (exact) mass is 565 g/mol. The van der Waals surface area contributed by atoms with Gasteiger partial charge in [0.25, 0.3) is 0 Å². The second kappa shape index (κ2) is 11.4. The molecule has 208 valence electrons. The summed E-state index contributed by atoms with van der Waals surface area (Å²) in [6, 6.07) is 11.0. The van der Waals surface area contributed by atoms with Crippen LogP contribution in [0.25, 0.3) is 10.1 Å². The molecule has 1 amide bonds. The number of hydrogen-bond acceptors (Lipinski definition) is 7. The molecule has 0 bridgehead atoms. The number of fused-ring (bicyclic) bond motifs is 2. The third-order valence-corrected chi connectivity index (χ3v) is 7.82. The van der Waals surface area contributed by atoms with E-state index in [9.17, 15) is 27.2 Å². The number of carbonyl (C=O) groups is 2. The van der Waals surface area contributed by atoms with Crippen LogP contribution in [0.5, 0.6) is 0 Å². The van der Waals surface area contributed by atoms with Gasteiger partial charge in [-0.15, -0.1) is 11.3 Å². The summed E-state index contributed by atoms with van der Waals surface area (Å²) in [7, 11) is 0. The van der Waals surface area contributed by atoms with Crippen LogP contribution in [0.15, 0.2) is 41.8 Å². The number of ether oxygens (including phenoxy) is 2. The topological polar surface area (TPSA) is 62.3 Å². The minimum absolute atomic E-state index is 0.209. The highest BCUT2D eigenvalue weighted by atomic mass is 32.1. The normalized spacial score (nSPS) is 16.5. The summed E-state index contributed by atoms with van der Waals surface area (Å²) in [6.07, 6.45) is -4.69. The molecule has 0 radical (unpaired) electrons. The largest absolute Gasteiger partial charge is 0.510 e. The van der Waals surface area contributed by atoms with Gasteiger partial charge in [0.1, 0.15) is 5.82 Å². The predicted molar refractivity (Wildman–Crippen MR) is 140 cm³/mol. The summed E-state index contributed by atoms with van der Waals surface area (Å²) in [5, 5.41) is 3.05. The molecule has 2 aromatic carbocycles.